The van der Waals surface area contributed by atoms with Crippen molar-refractivity contribution in [2.24, 2.45) is 0 Å². The fourth-order valence-corrected chi connectivity index (χ4v) is 16.8. The second-order valence-electron chi connectivity index (χ2n) is 27.1. The Kier molecular flexibility index (Phi) is 38.2. The van der Waals surface area contributed by atoms with Gasteiger partial charge in [0, 0.05) is 32.2 Å². The van der Waals surface area contributed by atoms with Crippen LogP contribution in [0.3, 0.4) is 0 Å². The Bertz CT molecular complexity index is 6420. The Morgan fingerprint density at radius 1 is 0.450 bits per heavy atom. The van der Waals surface area contributed by atoms with E-state index in [2.05, 4.69) is 117 Å². The number of aromatic hydroxyl groups is 9. The lowest BCUT2D eigenvalue weighted by molar-refractivity contribution is -0.122. The number of hydrogen-bond acceptors (Lipinski definition) is 29. The molecule has 4 fully saturated rings. The van der Waals surface area contributed by atoms with Crippen LogP contribution in [-0.4, -0.2) is 114 Å². The average Bonchev–Trinajstić information content (AvgIpc) is 1.54. The molecule has 10 aromatic rings. The molecule has 4 aliphatic heterocycles. The number of allylic oxidation sites excluding steroid dienone is 3. The Morgan fingerprint density at radius 3 is 1.35 bits per heavy atom. The first-order valence-electron chi connectivity index (χ1n) is 36.4. The number of carbonyl (C=O) groups is 8. The van der Waals surface area contributed by atoms with Gasteiger partial charge in [-0.05, 0) is 283 Å². The van der Waals surface area contributed by atoms with E-state index in [1.165, 1.54) is 98.4 Å². The summed E-state index contributed by atoms with van der Waals surface area (Å²) in [5.74, 6) is -2.17. The van der Waals surface area contributed by atoms with E-state index in [0.717, 1.165) is 60.8 Å². The summed E-state index contributed by atoms with van der Waals surface area (Å²) in [7, 11) is 2.87. The third-order valence-electron chi connectivity index (χ3n) is 16.7. The van der Waals surface area contributed by atoms with Crippen molar-refractivity contribution in [2.45, 2.75) is 32.6 Å². The lowest BCUT2D eigenvalue weighted by atomic mass is 9.85. The molecule has 4 aliphatic rings. The molecule has 6 amide bonds. The fraction of sp³-hybridized carbons (Fsp3) is 0.0778. The predicted molar refractivity (Wildman–Crippen MR) is 529 cm³/mol. The van der Waals surface area contributed by atoms with Gasteiger partial charge in [0.1, 0.15) is 71.8 Å². The van der Waals surface area contributed by atoms with Crippen LogP contribution < -0.4 is 36.2 Å². The van der Waals surface area contributed by atoms with Crippen molar-refractivity contribution in [3.8, 4) is 86.7 Å². The third-order valence-corrected chi connectivity index (χ3v) is 24.1. The number of benzene rings is 9. The first kappa shape index (κ1) is 103. The number of nitrogens with zero attached hydrogens (tertiary/aromatic N) is 2. The van der Waals surface area contributed by atoms with E-state index >= 15 is 0 Å². The Labute approximate surface area is 813 Å². The Balaban J connectivity index is 0.000000188. The molecule has 1 aromatic heterocycles. The maximum atomic E-state index is 12.1. The number of ketones is 2. The van der Waals surface area contributed by atoms with E-state index in [-0.39, 0.29) is 114 Å². The summed E-state index contributed by atoms with van der Waals surface area (Å²) in [6, 6.07) is 47.8. The molecule has 0 bridgehead atoms. The number of nitriles is 2. The number of nitrogens with one attached hydrogen (secondary N) is 4. The monoisotopic (exact) mass is 2230 g/mol. The van der Waals surface area contributed by atoms with Gasteiger partial charge in [0.2, 0.25) is 11.2 Å². The third kappa shape index (κ3) is 31.0. The number of fused-ring (bicyclic) bond motifs is 1. The molecule has 14 rings (SSSR count). The molecular weight excluding hydrogens is 2170 g/mol. The lowest BCUT2D eigenvalue weighted by Crippen LogP contribution is -2.17. The van der Waals surface area contributed by atoms with Crippen molar-refractivity contribution in [2.75, 3.05) is 14.2 Å². The highest BCUT2D eigenvalue weighted by atomic mass is 79.9. The number of hydrogen-bond donors (Lipinski definition) is 13. The number of phenols is 8. The molecule has 0 unspecified atom stereocenters. The molecule has 13 N–H and O–H groups in total. The largest absolute Gasteiger partial charge is 0.508 e. The van der Waals surface area contributed by atoms with E-state index in [4.69, 9.17) is 48.9 Å². The van der Waals surface area contributed by atoms with Gasteiger partial charge in [0.15, 0.2) is 40.3 Å². The number of rotatable bonds is 14. The summed E-state index contributed by atoms with van der Waals surface area (Å²) in [6.45, 7) is 5.95. The zero-order valence-corrected chi connectivity index (χ0v) is 81.4. The molecule has 0 saturated carbocycles. The van der Waals surface area contributed by atoms with Gasteiger partial charge in [-0.3, -0.25) is 53.8 Å². The average molecular weight is 2240 g/mol. The van der Waals surface area contributed by atoms with E-state index in [1.54, 1.807) is 97.1 Å². The molecule has 27 nitrogen and oxygen atoms in total. The van der Waals surface area contributed by atoms with Gasteiger partial charge in [0.25, 0.3) is 34.1 Å². The van der Waals surface area contributed by atoms with Gasteiger partial charge in [-0.25, -0.2) is 0 Å². The van der Waals surface area contributed by atoms with Crippen LogP contribution in [0.1, 0.15) is 71.7 Å². The summed E-state index contributed by atoms with van der Waals surface area (Å²) < 4.78 is 20.5. The number of halogens is 6. The number of amides is 6. The van der Waals surface area contributed by atoms with Gasteiger partial charge >= 0.3 is 0 Å². The first-order valence-corrected chi connectivity index (χ1v) is 45.3. The molecule has 39 heteroatoms. The smallest absolute Gasteiger partial charge is 0.290 e. The number of carbonyl (C=O) groups excluding carboxylic acids is 8. The molecular formula is C90H66Br6N6O21S6. The standard InChI is InChI=1S/C21H20O6.C15H10O6.C14H13BrN2O.C10H5Br2NO3S.C10H6BrNO2S2.C10H6BrNO2S.C10H6BrNOS2/c1-26-20-11-14(5-9-18(20)24)3-7-16(22)13-17(23)8-4-15-6-10-19(25)21(12-15)27-2;16-8-3-1-7(2-4-8)15-14(20)13(19)12-10(18)5-9(17)6-11(12)21-15;1-14(2,3)11-5-9(4-10(7-16)8-17)6-12(15)13(11)18;11-5-1-4(2-6(12)8(5)14)3-7-9(15)13-10(16)17-7;11-6-3-5(1-2-7(6)13)4-8-9(14)12-10(15)16-8;11-7-3-1-6(2-4-7)5-8-9(13)12-10(14)15-8;11-7-3-1-2-6(4-7)5-8-9(13)12-10(14)15-8/h3-12,24-25H,13H2,1-2H3;1-6,16-18,20H;4-6,18H,1-3H3;1-3,14H,(H,13,15,16);1-4,13H,(H,12,14,15);2*1-5H,(H,12,13,14)/b7-3+,8-4+;;;7-3-;8-4-;2*8-5-. The van der Waals surface area contributed by atoms with Gasteiger partial charge in [0.05, 0.1) is 58.2 Å². The van der Waals surface area contributed by atoms with Gasteiger partial charge in [-0.15, -0.1) is 0 Å². The summed E-state index contributed by atoms with van der Waals surface area (Å²) in [6.07, 6.45) is 13.8. The number of phenolic OH excluding ortho intramolecular Hbond substituents is 8. The number of thioether (sulfide) groups is 4. The zero-order chi connectivity index (χ0) is 94.8. The van der Waals surface area contributed by atoms with Crippen molar-refractivity contribution < 1.29 is 98.2 Å². The lowest BCUT2D eigenvalue weighted by Gasteiger charge is -2.21. The van der Waals surface area contributed by atoms with Crippen LogP contribution in [-0.2, 0) is 34.2 Å². The molecule has 0 atom stereocenters. The van der Waals surface area contributed by atoms with Crippen molar-refractivity contribution in [3.05, 3.63) is 283 Å². The van der Waals surface area contributed by atoms with Gasteiger partial charge in [-0.1, -0.05) is 155 Å². The van der Waals surface area contributed by atoms with E-state index < -0.39 is 22.8 Å². The van der Waals surface area contributed by atoms with Gasteiger partial charge < -0.3 is 70.5 Å². The zero-order valence-electron chi connectivity index (χ0n) is 67.0. The Hall–Kier alpha value is -11.8. The highest BCUT2D eigenvalue weighted by Gasteiger charge is 2.28. The quantitative estimate of drug-likeness (QED) is 0.0208. The number of ether oxygens (including phenoxy) is 2. The van der Waals surface area contributed by atoms with E-state index in [1.807, 2.05) is 87.5 Å². The number of thiocarbonyl (C=S) groups is 2. The first-order chi connectivity index (χ1) is 61.0. The number of imide groups is 2. The molecule has 4 saturated heterocycles. The van der Waals surface area contributed by atoms with E-state index in [0.29, 0.717) is 85.5 Å². The van der Waals surface area contributed by atoms with Crippen molar-refractivity contribution in [1.29, 1.82) is 10.5 Å². The minimum atomic E-state index is -0.808. The van der Waals surface area contributed by atoms with Crippen LogP contribution in [0.15, 0.2) is 237 Å². The number of methoxy groups -OCH3 is 2. The van der Waals surface area contributed by atoms with Gasteiger partial charge in [-0.2, -0.15) is 10.5 Å². The van der Waals surface area contributed by atoms with Crippen LogP contribution >= 0.6 is 167 Å². The minimum Gasteiger partial charge on any atom is -0.508 e. The van der Waals surface area contributed by atoms with Crippen molar-refractivity contribution >= 4 is 275 Å². The van der Waals surface area contributed by atoms with Crippen LogP contribution in [0.2, 0.25) is 0 Å². The second-order valence-corrected chi connectivity index (χ2v) is 37.8. The molecule has 0 aliphatic carbocycles. The highest BCUT2D eigenvalue weighted by Crippen LogP contribution is 2.41. The molecule has 660 valence electrons. The maximum absolute atomic E-state index is 12.1. The predicted octanol–water partition coefficient (Wildman–Crippen LogP) is 21.1. The molecule has 0 radical (unpaired) electrons. The SMILES string of the molecule is CC(C)(C)c1cc(C=C(C#N)C#N)cc(Br)c1O.COc1cc(/C=C/C(=O)CC(=O)/C=C/c2ccc(O)c(OC)c2)ccc1O.O=C1NC(=O)/C(=C/c2cc(Br)c(O)c(Br)c2)S1.O=C1NC(=O)/C(=C/c2ccc(Br)cc2)S1.O=C1NC(=S)S/C1=C\c1ccc(O)c(Br)c1.O=C1NC(=S)S/C1=C\c1cccc(Br)c1.O=c1c(O)c(-c2ccc(O)cc2)oc2cc(O)cc(O)c12. The highest BCUT2D eigenvalue weighted by molar-refractivity contribution is 9.11. The van der Waals surface area contributed by atoms with Crippen molar-refractivity contribution in [1.82, 2.24) is 21.3 Å². The van der Waals surface area contributed by atoms with E-state index in [9.17, 15) is 89.1 Å². The van der Waals surface area contributed by atoms with Crippen LogP contribution in [0.5, 0.6) is 63.2 Å². The molecule has 5 heterocycles. The van der Waals surface area contributed by atoms with Crippen molar-refractivity contribution in [3.63, 3.8) is 0 Å². The van der Waals surface area contributed by atoms with Crippen LogP contribution in [0.25, 0.3) is 64.8 Å². The van der Waals surface area contributed by atoms with Crippen LogP contribution in [0.4, 0.5) is 9.59 Å². The summed E-state index contributed by atoms with van der Waals surface area (Å²) >= 11 is 33.6. The summed E-state index contributed by atoms with van der Waals surface area (Å²) in [4.78, 5) is 105. The molecule has 9 aromatic carbocycles. The maximum Gasteiger partial charge on any atom is 0.290 e. The summed E-state index contributed by atoms with van der Waals surface area (Å²) in [5.41, 5.74) is 5.51. The Morgan fingerprint density at radius 2 is 0.891 bits per heavy atom. The van der Waals surface area contributed by atoms with Crippen LogP contribution in [0, 0.1) is 22.7 Å². The fourth-order valence-electron chi connectivity index (χ4n) is 10.6. The summed E-state index contributed by atoms with van der Waals surface area (Å²) in [5, 5.41) is 112. The second kappa shape index (κ2) is 48.0. The topological polar surface area (TPSA) is 463 Å². The minimum absolute atomic E-state index is 0.00662. The molecule has 129 heavy (non-hydrogen) atoms. The molecule has 0 spiro atoms. The normalized spacial score (nSPS) is 14.3.